The number of furan rings is 1. The van der Waals surface area contributed by atoms with E-state index in [1.165, 1.54) is 12.8 Å². The number of halogens is 1. The van der Waals surface area contributed by atoms with Crippen molar-refractivity contribution in [1.29, 1.82) is 0 Å². The number of amides is 1. The van der Waals surface area contributed by atoms with Crippen LogP contribution >= 0.6 is 15.9 Å². The van der Waals surface area contributed by atoms with Gasteiger partial charge in [0.15, 0.2) is 5.76 Å². The normalized spacial score (nSPS) is 20.6. The lowest BCUT2D eigenvalue weighted by Crippen LogP contribution is -2.37. The van der Waals surface area contributed by atoms with Crippen LogP contribution in [0.25, 0.3) is 0 Å². The Hall–Kier alpha value is -1.79. The predicted molar refractivity (Wildman–Crippen MR) is 97.6 cm³/mol. The molecule has 2 heterocycles. The lowest BCUT2D eigenvalue weighted by molar-refractivity contribution is 0.0905. The van der Waals surface area contributed by atoms with Crippen LogP contribution < -0.4 is 10.1 Å². The number of hydrogen-bond donors (Lipinski definition) is 1. The van der Waals surface area contributed by atoms with Gasteiger partial charge in [-0.3, -0.25) is 9.69 Å². The Morgan fingerprint density at radius 1 is 1.20 bits per heavy atom. The van der Waals surface area contributed by atoms with E-state index in [1.807, 2.05) is 24.3 Å². The lowest BCUT2D eigenvalue weighted by Gasteiger charge is -2.15. The van der Waals surface area contributed by atoms with Gasteiger partial charge in [0, 0.05) is 29.6 Å². The molecule has 2 fully saturated rings. The maximum Gasteiger partial charge on any atom is 0.287 e. The highest BCUT2D eigenvalue weighted by Crippen LogP contribution is 2.29. The number of carbonyl (C=O) groups is 1. The van der Waals surface area contributed by atoms with Crippen LogP contribution in [0.3, 0.4) is 0 Å². The predicted octanol–water partition coefficient (Wildman–Crippen LogP) is 3.59. The van der Waals surface area contributed by atoms with E-state index in [-0.39, 0.29) is 11.9 Å². The van der Waals surface area contributed by atoms with Crippen molar-refractivity contribution in [3.63, 3.8) is 0 Å². The third-order valence-corrected chi connectivity index (χ3v) is 5.23. The summed E-state index contributed by atoms with van der Waals surface area (Å²) in [5, 5.41) is 3.08. The number of hydrogen-bond acceptors (Lipinski definition) is 4. The van der Waals surface area contributed by atoms with E-state index in [4.69, 9.17) is 9.15 Å². The van der Waals surface area contributed by atoms with Crippen molar-refractivity contribution in [3.8, 4) is 5.75 Å². The first-order valence-electron chi connectivity index (χ1n) is 8.69. The second kappa shape index (κ2) is 7.22. The van der Waals surface area contributed by atoms with Crippen LogP contribution in [-0.2, 0) is 6.61 Å². The van der Waals surface area contributed by atoms with Crippen molar-refractivity contribution in [3.05, 3.63) is 52.4 Å². The van der Waals surface area contributed by atoms with E-state index in [0.29, 0.717) is 18.1 Å². The van der Waals surface area contributed by atoms with Crippen LogP contribution in [0.1, 0.15) is 35.6 Å². The van der Waals surface area contributed by atoms with E-state index in [2.05, 4.69) is 26.1 Å². The fraction of sp³-hybridized carbons (Fsp3) is 0.421. The van der Waals surface area contributed by atoms with Gasteiger partial charge in [0.25, 0.3) is 5.91 Å². The van der Waals surface area contributed by atoms with E-state index >= 15 is 0 Å². The Bertz CT molecular complexity index is 739. The molecule has 2 aliphatic rings. The molecule has 5 nitrogen and oxygen atoms in total. The number of ether oxygens (including phenoxy) is 1. The summed E-state index contributed by atoms with van der Waals surface area (Å²) in [5.41, 5.74) is 0. The lowest BCUT2D eigenvalue weighted by atomic mass is 10.2. The van der Waals surface area contributed by atoms with Crippen molar-refractivity contribution in [2.45, 2.75) is 38.0 Å². The average Bonchev–Trinajstić information content (AvgIpc) is 3.17. The topological polar surface area (TPSA) is 54.7 Å². The molecule has 25 heavy (non-hydrogen) atoms. The molecule has 0 radical (unpaired) electrons. The van der Waals surface area contributed by atoms with Crippen LogP contribution in [0.4, 0.5) is 0 Å². The first-order chi connectivity index (χ1) is 12.2. The van der Waals surface area contributed by atoms with Crippen LogP contribution in [-0.4, -0.2) is 36.0 Å². The highest BCUT2D eigenvalue weighted by Gasteiger charge is 2.35. The quantitative estimate of drug-likeness (QED) is 0.798. The minimum Gasteiger partial charge on any atom is -0.486 e. The van der Waals surface area contributed by atoms with Gasteiger partial charge in [-0.25, -0.2) is 0 Å². The Balaban J connectivity index is 1.28. The van der Waals surface area contributed by atoms with Gasteiger partial charge in [0.05, 0.1) is 0 Å². The maximum atomic E-state index is 12.3. The van der Waals surface area contributed by atoms with Gasteiger partial charge in [-0.15, -0.1) is 0 Å². The van der Waals surface area contributed by atoms with Gasteiger partial charge >= 0.3 is 0 Å². The fourth-order valence-corrected chi connectivity index (χ4v) is 3.46. The van der Waals surface area contributed by atoms with Gasteiger partial charge < -0.3 is 14.5 Å². The molecule has 1 saturated carbocycles. The van der Waals surface area contributed by atoms with E-state index in [9.17, 15) is 4.79 Å². The van der Waals surface area contributed by atoms with Gasteiger partial charge in [0.1, 0.15) is 18.1 Å². The average molecular weight is 405 g/mol. The molecule has 1 saturated heterocycles. The molecule has 1 atom stereocenters. The standard InChI is InChI=1S/C19H21BrN2O3/c20-13-1-5-16(6-2-13)24-12-17-7-8-18(25-17)19(23)21-14-9-10-22(11-14)15-3-4-15/h1-2,5-8,14-15H,3-4,9-12H2,(H,21,23). The van der Waals surface area contributed by atoms with Crippen LogP contribution in [0.5, 0.6) is 5.75 Å². The van der Waals surface area contributed by atoms with Crippen molar-refractivity contribution in [2.75, 3.05) is 13.1 Å². The highest BCUT2D eigenvalue weighted by atomic mass is 79.9. The summed E-state index contributed by atoms with van der Waals surface area (Å²) in [6.07, 6.45) is 3.63. The summed E-state index contributed by atoms with van der Waals surface area (Å²) in [4.78, 5) is 14.8. The monoisotopic (exact) mass is 404 g/mol. The van der Waals surface area contributed by atoms with E-state index in [0.717, 1.165) is 35.8 Å². The highest BCUT2D eigenvalue weighted by molar-refractivity contribution is 9.10. The molecule has 132 valence electrons. The van der Waals surface area contributed by atoms with Crippen LogP contribution in [0.2, 0.25) is 0 Å². The number of benzene rings is 1. The SMILES string of the molecule is O=C(NC1CCN(C2CC2)C1)c1ccc(COc2ccc(Br)cc2)o1. The molecule has 0 bridgehead atoms. The molecule has 1 aliphatic heterocycles. The number of nitrogens with one attached hydrogen (secondary N) is 1. The summed E-state index contributed by atoms with van der Waals surface area (Å²) in [6.45, 7) is 2.34. The number of nitrogens with zero attached hydrogens (tertiary/aromatic N) is 1. The minimum absolute atomic E-state index is 0.141. The molecule has 1 amide bonds. The van der Waals surface area contributed by atoms with Crippen molar-refractivity contribution in [1.82, 2.24) is 10.2 Å². The Morgan fingerprint density at radius 3 is 2.76 bits per heavy atom. The van der Waals surface area contributed by atoms with Gasteiger partial charge in [-0.05, 0) is 55.7 Å². The molecule has 2 aromatic rings. The number of carbonyl (C=O) groups excluding carboxylic acids is 1. The molecule has 1 unspecified atom stereocenters. The zero-order valence-corrected chi connectivity index (χ0v) is 15.5. The number of likely N-dealkylation sites (tertiary alicyclic amines) is 1. The van der Waals surface area contributed by atoms with E-state index in [1.54, 1.807) is 12.1 Å². The summed E-state index contributed by atoms with van der Waals surface area (Å²) in [7, 11) is 0. The summed E-state index contributed by atoms with van der Waals surface area (Å²) in [6, 6.07) is 12.1. The first kappa shape index (κ1) is 16.7. The third-order valence-electron chi connectivity index (χ3n) is 4.70. The molecule has 1 N–H and O–H groups in total. The third kappa shape index (κ3) is 4.25. The minimum atomic E-state index is -0.141. The number of rotatable bonds is 6. The Labute approximate surface area is 155 Å². The van der Waals surface area contributed by atoms with Crippen molar-refractivity contribution in [2.24, 2.45) is 0 Å². The maximum absolute atomic E-state index is 12.3. The zero-order valence-electron chi connectivity index (χ0n) is 13.9. The molecule has 6 heteroatoms. The molecule has 1 aromatic carbocycles. The fourth-order valence-electron chi connectivity index (χ4n) is 3.20. The zero-order chi connectivity index (χ0) is 17.2. The summed E-state index contributed by atoms with van der Waals surface area (Å²) in [5.74, 6) is 1.60. The van der Waals surface area contributed by atoms with Crippen molar-refractivity contribution < 1.29 is 13.9 Å². The smallest absolute Gasteiger partial charge is 0.287 e. The van der Waals surface area contributed by atoms with Crippen LogP contribution in [0, 0.1) is 0 Å². The second-order valence-corrected chi connectivity index (χ2v) is 7.61. The Morgan fingerprint density at radius 2 is 2.00 bits per heavy atom. The van der Waals surface area contributed by atoms with E-state index < -0.39 is 0 Å². The second-order valence-electron chi connectivity index (χ2n) is 6.69. The largest absolute Gasteiger partial charge is 0.486 e. The first-order valence-corrected chi connectivity index (χ1v) is 9.49. The molecule has 4 rings (SSSR count). The molecular weight excluding hydrogens is 384 g/mol. The van der Waals surface area contributed by atoms with Gasteiger partial charge in [-0.2, -0.15) is 0 Å². The van der Waals surface area contributed by atoms with Crippen molar-refractivity contribution >= 4 is 21.8 Å². The van der Waals surface area contributed by atoms with Gasteiger partial charge in [-0.1, -0.05) is 15.9 Å². The van der Waals surface area contributed by atoms with Gasteiger partial charge in [0.2, 0.25) is 0 Å². The Kier molecular flexibility index (Phi) is 4.81. The summed E-state index contributed by atoms with van der Waals surface area (Å²) < 4.78 is 12.3. The summed E-state index contributed by atoms with van der Waals surface area (Å²) >= 11 is 3.39. The molecule has 0 spiro atoms. The molecular formula is C19H21BrN2O3. The van der Waals surface area contributed by atoms with Crippen LogP contribution in [0.15, 0.2) is 45.3 Å². The molecule has 1 aliphatic carbocycles. The molecule has 1 aromatic heterocycles.